The van der Waals surface area contributed by atoms with E-state index in [0.717, 1.165) is 62.9 Å². The molecule has 0 saturated heterocycles. The van der Waals surface area contributed by atoms with Gasteiger partial charge >= 0.3 is 0 Å². The van der Waals surface area contributed by atoms with Crippen molar-refractivity contribution in [3.8, 4) is 21.1 Å². The molecule has 5 nitrogen and oxygen atoms in total. The third-order valence-electron chi connectivity index (χ3n) is 5.84. The van der Waals surface area contributed by atoms with Crippen LogP contribution in [0.5, 0.6) is 0 Å². The molecular weight excluding hydrogens is 414 g/mol. The summed E-state index contributed by atoms with van der Waals surface area (Å²) in [7, 11) is 0. The number of benzene rings is 1. The Balaban J connectivity index is 1.66. The molecule has 0 fully saturated rings. The van der Waals surface area contributed by atoms with Gasteiger partial charge in [-0.05, 0) is 60.5 Å². The smallest absolute Gasteiger partial charge is 0.151 e. The normalized spacial score (nSPS) is 11.7. The molecule has 0 aliphatic heterocycles. The summed E-state index contributed by atoms with van der Waals surface area (Å²) < 4.78 is 2.39. The molecule has 32 heavy (non-hydrogen) atoms. The lowest BCUT2D eigenvalue weighted by molar-refractivity contribution is 0.652. The summed E-state index contributed by atoms with van der Waals surface area (Å²) in [5.41, 5.74) is 5.17. The average Bonchev–Trinajstić information content (AvgIpc) is 3.49. The molecule has 0 aliphatic carbocycles. The molecule has 6 rings (SSSR count). The Morgan fingerprint density at radius 3 is 2.28 bits per heavy atom. The first-order valence-corrected chi connectivity index (χ1v) is 11.7. The van der Waals surface area contributed by atoms with Crippen molar-refractivity contribution in [3.05, 3.63) is 73.3 Å². The fourth-order valence-electron chi connectivity index (χ4n) is 4.34. The first-order valence-electron chi connectivity index (χ1n) is 10.9. The lowest BCUT2D eigenvalue weighted by atomic mass is 10.1. The number of hydrogen-bond acceptors (Lipinski definition) is 5. The molecule has 6 heteroatoms. The van der Waals surface area contributed by atoms with Gasteiger partial charge in [-0.1, -0.05) is 13.3 Å². The molecule has 0 N–H and O–H groups in total. The second kappa shape index (κ2) is 7.80. The highest BCUT2D eigenvalue weighted by Crippen LogP contribution is 2.39. The predicted molar refractivity (Wildman–Crippen MR) is 132 cm³/mol. The number of hydrogen-bond donors (Lipinski definition) is 0. The molecule has 156 valence electrons. The lowest BCUT2D eigenvalue weighted by Gasteiger charge is -2.10. The van der Waals surface area contributed by atoms with Crippen LogP contribution in [-0.2, 0) is 6.54 Å². The molecule has 0 radical (unpaired) electrons. The second-order valence-electron chi connectivity index (χ2n) is 7.84. The maximum atomic E-state index is 5.21. The van der Waals surface area contributed by atoms with Gasteiger partial charge in [-0.2, -0.15) is 0 Å². The number of pyridine rings is 3. The van der Waals surface area contributed by atoms with Gasteiger partial charge in [0.15, 0.2) is 5.82 Å². The summed E-state index contributed by atoms with van der Waals surface area (Å²) >= 11 is 1.77. The van der Waals surface area contributed by atoms with Crippen LogP contribution in [0.1, 0.15) is 19.8 Å². The highest BCUT2D eigenvalue weighted by Gasteiger charge is 2.20. The van der Waals surface area contributed by atoms with Gasteiger partial charge in [-0.15, -0.1) is 11.3 Å². The monoisotopic (exact) mass is 435 g/mol. The van der Waals surface area contributed by atoms with E-state index in [1.807, 2.05) is 49.1 Å². The Morgan fingerprint density at radius 2 is 1.50 bits per heavy atom. The minimum absolute atomic E-state index is 0.908. The third kappa shape index (κ3) is 2.99. The van der Waals surface area contributed by atoms with Crippen molar-refractivity contribution in [1.82, 2.24) is 24.5 Å². The Bertz CT molecular complexity index is 1570. The maximum absolute atomic E-state index is 5.21. The Morgan fingerprint density at radius 1 is 0.781 bits per heavy atom. The van der Waals surface area contributed by atoms with Gasteiger partial charge in [0, 0.05) is 47.0 Å². The van der Waals surface area contributed by atoms with E-state index >= 15 is 0 Å². The van der Waals surface area contributed by atoms with E-state index in [4.69, 9.17) is 9.97 Å². The van der Waals surface area contributed by atoms with E-state index < -0.39 is 0 Å². The summed E-state index contributed by atoms with van der Waals surface area (Å²) in [4.78, 5) is 21.1. The fraction of sp³-hybridized carbons (Fsp3) is 0.154. The van der Waals surface area contributed by atoms with Crippen LogP contribution in [0, 0.1) is 0 Å². The molecule has 0 atom stereocenters. The van der Waals surface area contributed by atoms with Gasteiger partial charge < -0.3 is 4.57 Å². The SMILES string of the molecule is CCCCn1c(-c2ccc(-c3ccncc3)s2)nc2c3cccnc3c3ncccc3c21. The molecular formula is C26H21N5S. The fourth-order valence-corrected chi connectivity index (χ4v) is 5.35. The molecule has 0 bridgehead atoms. The summed E-state index contributed by atoms with van der Waals surface area (Å²) in [5.74, 6) is 1.01. The summed E-state index contributed by atoms with van der Waals surface area (Å²) in [6.45, 7) is 3.14. The molecule has 0 saturated carbocycles. The van der Waals surface area contributed by atoms with Gasteiger partial charge in [-0.3, -0.25) is 15.0 Å². The van der Waals surface area contributed by atoms with Crippen LogP contribution in [0.4, 0.5) is 0 Å². The van der Waals surface area contributed by atoms with Crippen LogP contribution >= 0.6 is 11.3 Å². The van der Waals surface area contributed by atoms with E-state index in [1.54, 1.807) is 11.3 Å². The Labute approximate surface area is 189 Å². The van der Waals surface area contributed by atoms with Gasteiger partial charge in [0.05, 0.1) is 26.9 Å². The van der Waals surface area contributed by atoms with Gasteiger partial charge in [0.2, 0.25) is 0 Å². The number of aromatic nitrogens is 5. The van der Waals surface area contributed by atoms with Crippen molar-refractivity contribution in [2.24, 2.45) is 0 Å². The zero-order chi connectivity index (χ0) is 21.5. The average molecular weight is 436 g/mol. The largest absolute Gasteiger partial charge is 0.323 e. The van der Waals surface area contributed by atoms with Crippen LogP contribution in [0.3, 0.4) is 0 Å². The van der Waals surface area contributed by atoms with Crippen LogP contribution in [0.2, 0.25) is 0 Å². The zero-order valence-corrected chi connectivity index (χ0v) is 18.5. The van der Waals surface area contributed by atoms with Crippen LogP contribution < -0.4 is 0 Å². The van der Waals surface area contributed by atoms with Crippen molar-refractivity contribution in [2.75, 3.05) is 0 Å². The topological polar surface area (TPSA) is 56.5 Å². The molecule has 0 aliphatic rings. The summed E-state index contributed by atoms with van der Waals surface area (Å²) in [6, 6.07) is 16.7. The van der Waals surface area contributed by atoms with Gasteiger partial charge in [0.1, 0.15) is 0 Å². The third-order valence-corrected chi connectivity index (χ3v) is 6.97. The number of unbranched alkanes of at least 4 members (excludes halogenated alkanes) is 1. The standard InChI is InChI=1S/C26H21N5S/c1-2-3-16-31-25-19-7-5-13-29-23(19)22-18(6-4-12-28-22)24(25)30-26(31)21-9-8-20(32-21)17-10-14-27-15-11-17/h4-15H,2-3,16H2,1H3. The first-order chi connectivity index (χ1) is 15.8. The number of rotatable bonds is 5. The summed E-state index contributed by atoms with van der Waals surface area (Å²) in [6.07, 6.45) is 9.56. The van der Waals surface area contributed by atoms with Gasteiger partial charge in [-0.25, -0.2) is 4.98 Å². The molecule has 0 unspecified atom stereocenters. The molecule has 5 heterocycles. The van der Waals surface area contributed by atoms with Crippen molar-refractivity contribution in [1.29, 1.82) is 0 Å². The first kappa shape index (κ1) is 19.1. The number of aryl methyl sites for hydroxylation is 1. The maximum Gasteiger partial charge on any atom is 0.151 e. The van der Waals surface area contributed by atoms with Crippen LogP contribution in [-0.4, -0.2) is 24.5 Å². The number of nitrogens with zero attached hydrogens (tertiary/aromatic N) is 5. The number of fused-ring (bicyclic) bond motifs is 6. The molecule has 1 aromatic carbocycles. The van der Waals surface area contributed by atoms with E-state index in [-0.39, 0.29) is 0 Å². The molecule has 0 amide bonds. The van der Waals surface area contributed by atoms with E-state index in [0.29, 0.717) is 0 Å². The Hall–Kier alpha value is -3.64. The van der Waals surface area contributed by atoms with Crippen molar-refractivity contribution >= 4 is 44.2 Å². The quantitative estimate of drug-likeness (QED) is 0.282. The van der Waals surface area contributed by atoms with Crippen molar-refractivity contribution in [2.45, 2.75) is 26.3 Å². The Kier molecular flexibility index (Phi) is 4.65. The molecule has 6 aromatic rings. The van der Waals surface area contributed by atoms with E-state index in [1.165, 1.54) is 10.4 Å². The highest BCUT2D eigenvalue weighted by molar-refractivity contribution is 7.18. The zero-order valence-electron chi connectivity index (χ0n) is 17.7. The van der Waals surface area contributed by atoms with E-state index in [2.05, 4.69) is 45.7 Å². The van der Waals surface area contributed by atoms with Gasteiger partial charge in [0.25, 0.3) is 0 Å². The molecule has 0 spiro atoms. The lowest BCUT2D eigenvalue weighted by Crippen LogP contribution is -2.00. The molecule has 5 aromatic heterocycles. The predicted octanol–water partition coefficient (Wildman–Crippen LogP) is 6.72. The number of thiophene rings is 1. The van der Waals surface area contributed by atoms with Crippen LogP contribution in [0.25, 0.3) is 54.0 Å². The van der Waals surface area contributed by atoms with Crippen molar-refractivity contribution < 1.29 is 0 Å². The summed E-state index contributed by atoms with van der Waals surface area (Å²) in [5, 5.41) is 2.16. The van der Waals surface area contributed by atoms with E-state index in [9.17, 15) is 0 Å². The number of imidazole rings is 1. The van der Waals surface area contributed by atoms with Crippen molar-refractivity contribution in [3.63, 3.8) is 0 Å². The minimum atomic E-state index is 0.908. The highest BCUT2D eigenvalue weighted by atomic mass is 32.1. The second-order valence-corrected chi connectivity index (χ2v) is 8.92. The van der Waals surface area contributed by atoms with Crippen LogP contribution in [0.15, 0.2) is 73.3 Å². The minimum Gasteiger partial charge on any atom is -0.323 e.